The number of hydrogen-bond donors (Lipinski definition) is 1. The summed E-state index contributed by atoms with van der Waals surface area (Å²) in [6.07, 6.45) is 2.32. The zero-order valence-corrected chi connectivity index (χ0v) is 13.0. The molecule has 1 aromatic carbocycles. The molecule has 3 aromatic rings. The van der Waals surface area contributed by atoms with Crippen LogP contribution in [-0.4, -0.2) is 12.0 Å². The minimum absolute atomic E-state index is 0.0293. The minimum Gasteiger partial charge on any atom is -0.313 e. The van der Waals surface area contributed by atoms with Crippen LogP contribution in [-0.2, 0) is 6.42 Å². The van der Waals surface area contributed by atoms with E-state index < -0.39 is 0 Å². The topological polar surface area (TPSA) is 24.9 Å². The molecule has 0 spiro atoms. The molecule has 5 heteroatoms. The molecule has 2 aromatic heterocycles. The molecule has 3 rings (SSSR count). The lowest BCUT2D eigenvalue weighted by Gasteiger charge is -2.17. The maximum absolute atomic E-state index is 13.9. The number of fused-ring (bicyclic) bond motifs is 1. The third kappa shape index (κ3) is 2.93. The molecule has 0 radical (unpaired) electrons. The SMILES string of the molecule is CNC(Cc1c(F)cccc1Cl)c1cnc2ccsc2c1. The van der Waals surface area contributed by atoms with Crippen molar-refractivity contribution in [2.24, 2.45) is 0 Å². The first-order valence-electron chi connectivity index (χ1n) is 6.62. The highest BCUT2D eigenvalue weighted by molar-refractivity contribution is 7.17. The van der Waals surface area contributed by atoms with Gasteiger partial charge >= 0.3 is 0 Å². The molecule has 0 aliphatic heterocycles. The lowest BCUT2D eigenvalue weighted by atomic mass is 10.00. The maximum atomic E-state index is 13.9. The number of rotatable bonds is 4. The van der Waals surface area contributed by atoms with Gasteiger partial charge in [-0.05, 0) is 48.7 Å². The van der Waals surface area contributed by atoms with Crippen molar-refractivity contribution >= 4 is 33.2 Å². The van der Waals surface area contributed by atoms with Crippen LogP contribution in [0.25, 0.3) is 10.2 Å². The zero-order valence-electron chi connectivity index (χ0n) is 11.4. The standard InChI is InChI=1S/C16H14ClFN2S/c1-19-15(8-11-12(17)3-2-4-13(11)18)10-7-16-14(20-9-10)5-6-21-16/h2-7,9,15,19H,8H2,1H3. The number of nitrogens with zero attached hydrogens (tertiary/aromatic N) is 1. The normalized spacial score (nSPS) is 12.7. The van der Waals surface area contributed by atoms with Crippen molar-refractivity contribution in [1.29, 1.82) is 0 Å². The molecular formula is C16H14ClFN2S. The number of halogens is 2. The summed E-state index contributed by atoms with van der Waals surface area (Å²) in [7, 11) is 1.86. The molecule has 108 valence electrons. The minimum atomic E-state index is -0.270. The van der Waals surface area contributed by atoms with E-state index in [4.69, 9.17) is 11.6 Å². The van der Waals surface area contributed by atoms with Gasteiger partial charge in [0.2, 0.25) is 0 Å². The van der Waals surface area contributed by atoms with Crippen molar-refractivity contribution in [3.8, 4) is 0 Å². The summed E-state index contributed by atoms with van der Waals surface area (Å²) in [5, 5.41) is 5.69. The fraction of sp³-hybridized carbons (Fsp3) is 0.188. The van der Waals surface area contributed by atoms with Crippen LogP contribution < -0.4 is 5.32 Å². The predicted molar refractivity (Wildman–Crippen MR) is 86.5 cm³/mol. The number of hydrogen-bond acceptors (Lipinski definition) is 3. The Morgan fingerprint density at radius 3 is 3.00 bits per heavy atom. The highest BCUT2D eigenvalue weighted by atomic mass is 35.5. The van der Waals surface area contributed by atoms with Crippen LogP contribution in [0.4, 0.5) is 4.39 Å². The number of aromatic nitrogens is 1. The number of pyridine rings is 1. The molecule has 0 bridgehead atoms. The van der Waals surface area contributed by atoms with Crippen LogP contribution in [0.15, 0.2) is 41.9 Å². The maximum Gasteiger partial charge on any atom is 0.127 e. The van der Waals surface area contributed by atoms with E-state index in [1.807, 2.05) is 24.7 Å². The molecule has 0 fully saturated rings. The van der Waals surface area contributed by atoms with Crippen LogP contribution >= 0.6 is 22.9 Å². The Balaban J connectivity index is 1.94. The summed E-state index contributed by atoms with van der Waals surface area (Å²) in [5.74, 6) is -0.270. The Morgan fingerprint density at radius 1 is 1.38 bits per heavy atom. The Bertz CT molecular complexity index is 752. The van der Waals surface area contributed by atoms with Gasteiger partial charge < -0.3 is 5.32 Å². The molecule has 0 amide bonds. The average molecular weight is 321 g/mol. The second kappa shape index (κ2) is 6.10. The molecule has 21 heavy (non-hydrogen) atoms. The smallest absolute Gasteiger partial charge is 0.127 e. The lowest BCUT2D eigenvalue weighted by molar-refractivity contribution is 0.554. The molecule has 2 heterocycles. The number of thiophene rings is 1. The van der Waals surface area contributed by atoms with Gasteiger partial charge in [-0.15, -0.1) is 11.3 Å². The van der Waals surface area contributed by atoms with Gasteiger partial charge in [-0.2, -0.15) is 0 Å². The van der Waals surface area contributed by atoms with E-state index in [0.717, 1.165) is 15.8 Å². The Kier molecular flexibility index (Phi) is 4.19. The molecular weight excluding hydrogens is 307 g/mol. The van der Waals surface area contributed by atoms with Crippen molar-refractivity contribution in [2.45, 2.75) is 12.5 Å². The summed E-state index contributed by atoms with van der Waals surface area (Å²) < 4.78 is 15.1. The van der Waals surface area contributed by atoms with Crippen LogP contribution in [0, 0.1) is 5.82 Å². The Labute approximate surface area is 131 Å². The molecule has 0 aliphatic rings. The van der Waals surface area contributed by atoms with Crippen molar-refractivity contribution in [3.63, 3.8) is 0 Å². The van der Waals surface area contributed by atoms with E-state index in [9.17, 15) is 4.39 Å². The molecule has 1 N–H and O–H groups in total. The van der Waals surface area contributed by atoms with Crippen LogP contribution in [0.2, 0.25) is 5.02 Å². The van der Waals surface area contributed by atoms with Crippen LogP contribution in [0.1, 0.15) is 17.2 Å². The fourth-order valence-electron chi connectivity index (χ4n) is 2.37. The summed E-state index contributed by atoms with van der Waals surface area (Å²) in [4.78, 5) is 4.44. The van der Waals surface area contributed by atoms with Crippen molar-refractivity contribution < 1.29 is 4.39 Å². The molecule has 1 atom stereocenters. The first-order valence-corrected chi connectivity index (χ1v) is 7.88. The van der Waals surface area contributed by atoms with Gasteiger partial charge in [-0.25, -0.2) is 4.39 Å². The van der Waals surface area contributed by atoms with Gasteiger partial charge in [-0.1, -0.05) is 17.7 Å². The molecule has 2 nitrogen and oxygen atoms in total. The molecule has 0 aliphatic carbocycles. The largest absolute Gasteiger partial charge is 0.313 e. The second-order valence-corrected chi connectivity index (χ2v) is 6.17. The van der Waals surface area contributed by atoms with Crippen LogP contribution in [0.3, 0.4) is 0 Å². The summed E-state index contributed by atoms with van der Waals surface area (Å²) in [6, 6.07) is 8.84. The monoisotopic (exact) mass is 320 g/mol. The average Bonchev–Trinajstić information content (AvgIpc) is 2.94. The molecule has 1 unspecified atom stereocenters. The first-order chi connectivity index (χ1) is 10.2. The highest BCUT2D eigenvalue weighted by Crippen LogP contribution is 2.28. The van der Waals surface area contributed by atoms with Gasteiger partial charge in [0.15, 0.2) is 0 Å². The zero-order chi connectivity index (χ0) is 14.8. The number of likely N-dealkylation sites (N-methyl/N-ethyl adjacent to an activating group) is 1. The summed E-state index contributed by atoms with van der Waals surface area (Å²) >= 11 is 7.77. The van der Waals surface area contributed by atoms with Crippen molar-refractivity contribution in [2.75, 3.05) is 7.05 Å². The van der Waals surface area contributed by atoms with E-state index in [1.165, 1.54) is 6.07 Å². The summed E-state index contributed by atoms with van der Waals surface area (Å²) in [6.45, 7) is 0. The van der Waals surface area contributed by atoms with E-state index >= 15 is 0 Å². The van der Waals surface area contributed by atoms with E-state index in [1.54, 1.807) is 23.5 Å². The van der Waals surface area contributed by atoms with Crippen molar-refractivity contribution in [3.05, 3.63) is 63.9 Å². The fourth-order valence-corrected chi connectivity index (χ4v) is 3.40. The van der Waals surface area contributed by atoms with E-state index in [0.29, 0.717) is 17.0 Å². The van der Waals surface area contributed by atoms with Gasteiger partial charge in [0.05, 0.1) is 10.2 Å². The van der Waals surface area contributed by atoms with Gasteiger partial charge in [0.1, 0.15) is 5.82 Å². The third-order valence-electron chi connectivity index (χ3n) is 3.54. The Hall–Kier alpha value is -1.49. The van der Waals surface area contributed by atoms with Crippen molar-refractivity contribution in [1.82, 2.24) is 10.3 Å². The van der Waals surface area contributed by atoms with E-state index in [-0.39, 0.29) is 11.9 Å². The van der Waals surface area contributed by atoms with E-state index in [2.05, 4.69) is 16.4 Å². The second-order valence-electron chi connectivity index (χ2n) is 4.82. The van der Waals surface area contributed by atoms with Gasteiger partial charge in [0, 0.05) is 22.8 Å². The molecule has 0 saturated carbocycles. The number of benzene rings is 1. The highest BCUT2D eigenvalue weighted by Gasteiger charge is 2.16. The quantitative estimate of drug-likeness (QED) is 0.760. The summed E-state index contributed by atoms with van der Waals surface area (Å²) in [5.41, 5.74) is 2.55. The number of nitrogens with one attached hydrogen (secondary N) is 1. The predicted octanol–water partition coefficient (Wildman–Crippen LogP) is 4.59. The Morgan fingerprint density at radius 2 is 2.24 bits per heavy atom. The molecule has 0 saturated heterocycles. The van der Waals surface area contributed by atoms with Gasteiger partial charge in [0.25, 0.3) is 0 Å². The van der Waals surface area contributed by atoms with Crippen LogP contribution in [0.5, 0.6) is 0 Å². The lowest BCUT2D eigenvalue weighted by Crippen LogP contribution is -2.19. The van der Waals surface area contributed by atoms with Gasteiger partial charge in [-0.3, -0.25) is 4.98 Å². The third-order valence-corrected chi connectivity index (χ3v) is 4.75. The first kappa shape index (κ1) is 14.4.